The van der Waals surface area contributed by atoms with Crippen LogP contribution in [0, 0.1) is 0 Å². The van der Waals surface area contributed by atoms with Gasteiger partial charge in [-0.2, -0.15) is 0 Å². The van der Waals surface area contributed by atoms with Gasteiger partial charge in [-0.15, -0.1) is 0 Å². The second-order valence-electron chi connectivity index (χ2n) is 5.80. The summed E-state index contributed by atoms with van der Waals surface area (Å²) in [6.07, 6.45) is 3.89. The third-order valence-electron chi connectivity index (χ3n) is 4.22. The first-order valence-electron chi connectivity index (χ1n) is 7.32. The molecular weight excluding hydrogens is 250 g/mol. The number of likely N-dealkylation sites (tertiary alicyclic amines) is 1. The third-order valence-corrected chi connectivity index (χ3v) is 4.22. The Hall–Kier alpha value is -1.88. The summed E-state index contributed by atoms with van der Waals surface area (Å²) < 4.78 is 0. The zero-order valence-electron chi connectivity index (χ0n) is 11.4. The van der Waals surface area contributed by atoms with E-state index in [2.05, 4.69) is 20.2 Å². The molecule has 1 unspecified atom stereocenters. The van der Waals surface area contributed by atoms with Crippen molar-refractivity contribution in [3.63, 3.8) is 0 Å². The molecule has 0 radical (unpaired) electrons. The summed E-state index contributed by atoms with van der Waals surface area (Å²) in [5.41, 5.74) is 7.76. The minimum atomic E-state index is 0.438. The van der Waals surface area contributed by atoms with Gasteiger partial charge in [0, 0.05) is 25.2 Å². The molecule has 0 bridgehead atoms. The van der Waals surface area contributed by atoms with E-state index in [-0.39, 0.29) is 0 Å². The van der Waals surface area contributed by atoms with Crippen molar-refractivity contribution < 1.29 is 0 Å². The average Bonchev–Trinajstić information content (AvgIpc) is 3.20. The van der Waals surface area contributed by atoms with Crippen LogP contribution in [0.5, 0.6) is 0 Å². The maximum absolute atomic E-state index is 6.02. The van der Waals surface area contributed by atoms with Crippen molar-refractivity contribution in [2.45, 2.75) is 31.3 Å². The van der Waals surface area contributed by atoms with Gasteiger partial charge in [-0.25, -0.2) is 9.97 Å². The minimum Gasteiger partial charge on any atom is -0.381 e. The van der Waals surface area contributed by atoms with Gasteiger partial charge in [0.15, 0.2) is 11.6 Å². The Bertz CT molecular complexity index is 637. The highest BCUT2D eigenvalue weighted by Gasteiger charge is 2.34. The van der Waals surface area contributed by atoms with Crippen molar-refractivity contribution in [1.82, 2.24) is 14.9 Å². The van der Waals surface area contributed by atoms with Gasteiger partial charge in [-0.3, -0.25) is 4.90 Å². The number of hydrogen-bond acceptors (Lipinski definition) is 5. The normalized spacial score (nSPS) is 23.3. The number of nitrogens with one attached hydrogen (secondary N) is 1. The van der Waals surface area contributed by atoms with E-state index in [0.717, 1.165) is 35.9 Å². The van der Waals surface area contributed by atoms with Crippen molar-refractivity contribution in [2.24, 2.45) is 0 Å². The number of rotatable bonds is 3. The average molecular weight is 269 g/mol. The predicted octanol–water partition coefficient (Wildman–Crippen LogP) is 1.86. The van der Waals surface area contributed by atoms with Crippen LogP contribution in [0.2, 0.25) is 0 Å². The summed E-state index contributed by atoms with van der Waals surface area (Å²) >= 11 is 0. The minimum absolute atomic E-state index is 0.438. The van der Waals surface area contributed by atoms with Crippen molar-refractivity contribution in [1.29, 1.82) is 0 Å². The van der Waals surface area contributed by atoms with Crippen LogP contribution in [0.4, 0.5) is 11.6 Å². The molecule has 2 heterocycles. The van der Waals surface area contributed by atoms with Crippen molar-refractivity contribution in [3.05, 3.63) is 24.3 Å². The molecule has 1 aliphatic heterocycles. The van der Waals surface area contributed by atoms with Gasteiger partial charge in [0.2, 0.25) is 0 Å². The number of aromatic nitrogens is 2. The second kappa shape index (κ2) is 4.59. The number of nitrogen functional groups attached to an aromatic ring is 1. The first-order valence-corrected chi connectivity index (χ1v) is 7.32. The van der Waals surface area contributed by atoms with Gasteiger partial charge in [-0.1, -0.05) is 12.1 Å². The SMILES string of the molecule is Nc1nc2ccccc2nc1NC1CCN(C2CC2)C1. The summed E-state index contributed by atoms with van der Waals surface area (Å²) in [5, 5.41) is 3.47. The smallest absolute Gasteiger partial charge is 0.169 e. The van der Waals surface area contributed by atoms with E-state index in [1.165, 1.54) is 19.4 Å². The lowest BCUT2D eigenvalue weighted by Crippen LogP contribution is -2.28. The van der Waals surface area contributed by atoms with Crippen LogP contribution >= 0.6 is 0 Å². The van der Waals surface area contributed by atoms with Gasteiger partial charge < -0.3 is 11.1 Å². The fraction of sp³-hybridized carbons (Fsp3) is 0.467. The fourth-order valence-corrected chi connectivity index (χ4v) is 2.99. The molecule has 1 saturated heterocycles. The molecule has 0 spiro atoms. The Morgan fingerprint density at radius 2 is 1.85 bits per heavy atom. The molecule has 2 aliphatic rings. The van der Waals surface area contributed by atoms with Crippen LogP contribution in [0.1, 0.15) is 19.3 Å². The van der Waals surface area contributed by atoms with Crippen LogP contribution < -0.4 is 11.1 Å². The Morgan fingerprint density at radius 3 is 2.60 bits per heavy atom. The van der Waals surface area contributed by atoms with Gasteiger partial charge >= 0.3 is 0 Å². The molecule has 1 aliphatic carbocycles. The standard InChI is InChI=1S/C15H19N5/c16-14-15(19-13-4-2-1-3-12(13)18-14)17-10-7-8-20(9-10)11-5-6-11/h1-4,10-11H,5-9H2,(H2,16,18)(H,17,19). The van der Waals surface area contributed by atoms with Crippen molar-refractivity contribution in [2.75, 3.05) is 24.1 Å². The highest BCUT2D eigenvalue weighted by molar-refractivity contribution is 5.79. The molecular formula is C15H19N5. The monoisotopic (exact) mass is 269 g/mol. The van der Waals surface area contributed by atoms with E-state index in [1.54, 1.807) is 0 Å². The number of nitrogens with zero attached hydrogens (tertiary/aromatic N) is 3. The molecule has 104 valence electrons. The highest BCUT2D eigenvalue weighted by Crippen LogP contribution is 2.31. The van der Waals surface area contributed by atoms with E-state index < -0.39 is 0 Å². The highest BCUT2D eigenvalue weighted by atomic mass is 15.2. The molecule has 1 saturated carbocycles. The molecule has 2 aromatic rings. The van der Waals surface area contributed by atoms with Gasteiger partial charge in [0.05, 0.1) is 11.0 Å². The first-order chi connectivity index (χ1) is 9.79. The largest absolute Gasteiger partial charge is 0.381 e. The lowest BCUT2D eigenvalue weighted by atomic mass is 10.2. The number of para-hydroxylation sites is 2. The van der Waals surface area contributed by atoms with Crippen LogP contribution in [0.25, 0.3) is 11.0 Å². The van der Waals surface area contributed by atoms with Crippen LogP contribution in [0.15, 0.2) is 24.3 Å². The van der Waals surface area contributed by atoms with Crippen LogP contribution in [-0.2, 0) is 0 Å². The van der Waals surface area contributed by atoms with Crippen molar-refractivity contribution in [3.8, 4) is 0 Å². The van der Waals surface area contributed by atoms with Gasteiger partial charge in [0.25, 0.3) is 0 Å². The van der Waals surface area contributed by atoms with E-state index in [9.17, 15) is 0 Å². The Kier molecular flexibility index (Phi) is 2.73. The predicted molar refractivity (Wildman–Crippen MR) is 80.6 cm³/mol. The topological polar surface area (TPSA) is 67.1 Å². The quantitative estimate of drug-likeness (QED) is 0.890. The zero-order valence-corrected chi connectivity index (χ0v) is 11.4. The van der Waals surface area contributed by atoms with Crippen LogP contribution in [-0.4, -0.2) is 40.0 Å². The van der Waals surface area contributed by atoms with E-state index in [4.69, 9.17) is 5.73 Å². The summed E-state index contributed by atoms with van der Waals surface area (Å²) in [4.78, 5) is 11.6. The summed E-state index contributed by atoms with van der Waals surface area (Å²) in [6, 6.07) is 9.11. The second-order valence-corrected chi connectivity index (χ2v) is 5.80. The third kappa shape index (κ3) is 2.18. The summed E-state index contributed by atoms with van der Waals surface area (Å²) in [5.74, 6) is 1.22. The number of anilines is 2. The Morgan fingerprint density at radius 1 is 1.10 bits per heavy atom. The summed E-state index contributed by atoms with van der Waals surface area (Å²) in [6.45, 7) is 2.28. The molecule has 5 heteroatoms. The maximum Gasteiger partial charge on any atom is 0.169 e. The molecule has 1 aromatic carbocycles. The molecule has 4 rings (SSSR count). The maximum atomic E-state index is 6.02. The molecule has 5 nitrogen and oxygen atoms in total. The van der Waals surface area contributed by atoms with E-state index >= 15 is 0 Å². The molecule has 2 fully saturated rings. The number of benzene rings is 1. The van der Waals surface area contributed by atoms with Gasteiger partial charge in [0.1, 0.15) is 0 Å². The van der Waals surface area contributed by atoms with Gasteiger partial charge in [-0.05, 0) is 31.4 Å². The molecule has 20 heavy (non-hydrogen) atoms. The molecule has 1 aromatic heterocycles. The zero-order chi connectivity index (χ0) is 13.5. The first kappa shape index (κ1) is 11.9. The van der Waals surface area contributed by atoms with E-state index in [1.807, 2.05) is 24.3 Å². The lowest BCUT2D eigenvalue weighted by molar-refractivity contribution is 0.326. The molecule has 1 atom stereocenters. The molecule has 3 N–H and O–H groups in total. The van der Waals surface area contributed by atoms with Crippen LogP contribution in [0.3, 0.4) is 0 Å². The number of fused-ring (bicyclic) bond motifs is 1. The summed E-state index contributed by atoms with van der Waals surface area (Å²) in [7, 11) is 0. The number of hydrogen-bond donors (Lipinski definition) is 2. The fourth-order valence-electron chi connectivity index (χ4n) is 2.99. The Balaban J connectivity index is 1.54. The molecule has 0 amide bonds. The number of nitrogens with two attached hydrogens (primary N) is 1. The lowest BCUT2D eigenvalue weighted by Gasteiger charge is -2.17. The van der Waals surface area contributed by atoms with E-state index in [0.29, 0.717) is 11.9 Å². The van der Waals surface area contributed by atoms with Crippen molar-refractivity contribution >= 4 is 22.7 Å². The Labute approximate surface area is 118 Å².